The van der Waals surface area contributed by atoms with Gasteiger partial charge < -0.3 is 16.0 Å². The minimum atomic E-state index is 0.413. The predicted molar refractivity (Wildman–Crippen MR) is 84.0 cm³/mol. The van der Waals surface area contributed by atoms with Crippen LogP contribution in [0.15, 0.2) is 12.1 Å². The summed E-state index contributed by atoms with van der Waals surface area (Å²) in [7, 11) is 0. The highest BCUT2D eigenvalue weighted by atomic mass is 35.5. The lowest BCUT2D eigenvalue weighted by Gasteiger charge is -2.30. The fourth-order valence-corrected chi connectivity index (χ4v) is 2.86. The summed E-state index contributed by atoms with van der Waals surface area (Å²) >= 11 is 6.09. The molecule has 3 nitrogen and oxygen atoms in total. The second kappa shape index (κ2) is 6.49. The summed E-state index contributed by atoms with van der Waals surface area (Å²) in [5.41, 5.74) is 8.68. The standard InChI is InChI=1S/C15H24ClN3/c1-11-8-14(17)13(16)9-15(11)18-12(2)10-19-6-4-3-5-7-19/h8-9,12,18H,3-7,10,17H2,1-2H3. The van der Waals surface area contributed by atoms with Gasteiger partial charge >= 0.3 is 0 Å². The van der Waals surface area contributed by atoms with Gasteiger partial charge in [0, 0.05) is 18.3 Å². The highest BCUT2D eigenvalue weighted by molar-refractivity contribution is 6.33. The van der Waals surface area contributed by atoms with Crippen molar-refractivity contribution in [1.29, 1.82) is 0 Å². The highest BCUT2D eigenvalue weighted by Crippen LogP contribution is 2.27. The summed E-state index contributed by atoms with van der Waals surface area (Å²) in [4.78, 5) is 2.54. The fraction of sp³-hybridized carbons (Fsp3) is 0.600. The van der Waals surface area contributed by atoms with Crippen LogP contribution in [-0.2, 0) is 0 Å². The van der Waals surface area contributed by atoms with Crippen molar-refractivity contribution in [1.82, 2.24) is 4.90 Å². The van der Waals surface area contributed by atoms with Crippen LogP contribution < -0.4 is 11.1 Å². The largest absolute Gasteiger partial charge is 0.398 e. The van der Waals surface area contributed by atoms with E-state index in [1.54, 1.807) is 0 Å². The van der Waals surface area contributed by atoms with Crippen LogP contribution in [0.2, 0.25) is 5.02 Å². The second-order valence-corrected chi connectivity index (χ2v) is 6.00. The van der Waals surface area contributed by atoms with Gasteiger partial charge in [-0.2, -0.15) is 0 Å². The first-order chi connectivity index (χ1) is 9.06. The maximum absolute atomic E-state index is 6.09. The zero-order valence-corrected chi connectivity index (χ0v) is 12.6. The van der Waals surface area contributed by atoms with Gasteiger partial charge in [0.15, 0.2) is 0 Å². The Labute approximate surface area is 121 Å². The number of halogens is 1. The Bertz CT molecular complexity index is 428. The summed E-state index contributed by atoms with van der Waals surface area (Å²) in [5.74, 6) is 0. The van der Waals surface area contributed by atoms with E-state index in [1.165, 1.54) is 32.4 Å². The summed E-state index contributed by atoms with van der Waals surface area (Å²) in [6.07, 6.45) is 4.05. The molecule has 19 heavy (non-hydrogen) atoms. The van der Waals surface area contributed by atoms with Crippen molar-refractivity contribution >= 4 is 23.0 Å². The number of nitrogens with one attached hydrogen (secondary N) is 1. The molecule has 2 rings (SSSR count). The average molecular weight is 282 g/mol. The molecule has 1 atom stereocenters. The third-order valence-electron chi connectivity index (χ3n) is 3.73. The molecule has 4 heteroatoms. The van der Waals surface area contributed by atoms with Crippen LogP contribution >= 0.6 is 11.6 Å². The lowest BCUT2D eigenvalue weighted by Crippen LogP contribution is -2.38. The van der Waals surface area contributed by atoms with E-state index in [2.05, 4.69) is 24.1 Å². The van der Waals surface area contributed by atoms with Gasteiger partial charge in [-0.1, -0.05) is 18.0 Å². The maximum atomic E-state index is 6.09. The van der Waals surface area contributed by atoms with Gasteiger partial charge in [0.25, 0.3) is 0 Å². The van der Waals surface area contributed by atoms with Crippen molar-refractivity contribution in [3.05, 3.63) is 22.7 Å². The van der Waals surface area contributed by atoms with E-state index >= 15 is 0 Å². The number of anilines is 2. The van der Waals surface area contributed by atoms with Crippen LogP contribution in [0.4, 0.5) is 11.4 Å². The van der Waals surface area contributed by atoms with Crippen LogP contribution in [0.3, 0.4) is 0 Å². The number of benzene rings is 1. The molecule has 0 aromatic heterocycles. The number of nitrogens with zero attached hydrogens (tertiary/aromatic N) is 1. The number of aryl methyl sites for hydroxylation is 1. The number of nitrogens with two attached hydrogens (primary N) is 1. The van der Waals surface area contributed by atoms with E-state index in [0.29, 0.717) is 16.8 Å². The van der Waals surface area contributed by atoms with E-state index in [1.807, 2.05) is 12.1 Å². The summed E-state index contributed by atoms with van der Waals surface area (Å²) in [6, 6.07) is 4.27. The molecule has 1 saturated heterocycles. The summed E-state index contributed by atoms with van der Waals surface area (Å²) < 4.78 is 0. The third kappa shape index (κ3) is 4.02. The summed E-state index contributed by atoms with van der Waals surface area (Å²) in [6.45, 7) is 7.82. The Hall–Kier alpha value is -0.930. The first-order valence-electron chi connectivity index (χ1n) is 7.11. The van der Waals surface area contributed by atoms with Crippen LogP contribution in [0, 0.1) is 6.92 Å². The number of nitrogen functional groups attached to an aromatic ring is 1. The number of piperidine rings is 1. The average Bonchev–Trinajstić information content (AvgIpc) is 2.37. The summed E-state index contributed by atoms with van der Waals surface area (Å²) in [5, 5.41) is 4.17. The second-order valence-electron chi connectivity index (χ2n) is 5.60. The zero-order chi connectivity index (χ0) is 13.8. The van der Waals surface area contributed by atoms with Gasteiger partial charge in [-0.05, 0) is 57.5 Å². The van der Waals surface area contributed by atoms with Crippen LogP contribution in [0.25, 0.3) is 0 Å². The monoisotopic (exact) mass is 281 g/mol. The molecule has 0 radical (unpaired) electrons. The topological polar surface area (TPSA) is 41.3 Å². The quantitative estimate of drug-likeness (QED) is 0.830. The fourth-order valence-electron chi connectivity index (χ4n) is 2.70. The molecule has 1 aliphatic heterocycles. The predicted octanol–water partition coefficient (Wildman–Crippen LogP) is 3.52. The molecule has 1 unspecified atom stereocenters. The van der Waals surface area contributed by atoms with Crippen molar-refractivity contribution in [2.24, 2.45) is 0 Å². The minimum Gasteiger partial charge on any atom is -0.398 e. The molecule has 0 amide bonds. The molecule has 3 N–H and O–H groups in total. The van der Waals surface area contributed by atoms with E-state index in [4.69, 9.17) is 17.3 Å². The number of rotatable bonds is 4. The highest BCUT2D eigenvalue weighted by Gasteiger charge is 2.14. The Balaban J connectivity index is 1.94. The molecule has 0 spiro atoms. The Morgan fingerprint density at radius 2 is 2.00 bits per heavy atom. The molecule has 1 aromatic carbocycles. The lowest BCUT2D eigenvalue weighted by atomic mass is 10.1. The smallest absolute Gasteiger partial charge is 0.0656 e. The Morgan fingerprint density at radius 3 is 2.68 bits per heavy atom. The van der Waals surface area contributed by atoms with Crippen molar-refractivity contribution < 1.29 is 0 Å². The van der Waals surface area contributed by atoms with Crippen molar-refractivity contribution in [3.8, 4) is 0 Å². The molecule has 106 valence electrons. The molecule has 0 aliphatic carbocycles. The maximum Gasteiger partial charge on any atom is 0.0656 e. The Kier molecular flexibility index (Phi) is 4.94. The van der Waals surface area contributed by atoms with Gasteiger partial charge in [-0.15, -0.1) is 0 Å². The van der Waals surface area contributed by atoms with Crippen LogP contribution in [0.5, 0.6) is 0 Å². The molecule has 1 aliphatic rings. The third-order valence-corrected chi connectivity index (χ3v) is 4.05. The molecule has 0 bridgehead atoms. The van der Waals surface area contributed by atoms with E-state index in [0.717, 1.165) is 17.8 Å². The molecular formula is C15H24ClN3. The van der Waals surface area contributed by atoms with Gasteiger partial charge in [0.05, 0.1) is 10.7 Å². The first-order valence-corrected chi connectivity index (χ1v) is 7.48. The molecular weight excluding hydrogens is 258 g/mol. The minimum absolute atomic E-state index is 0.413. The van der Waals surface area contributed by atoms with Crippen LogP contribution in [-0.4, -0.2) is 30.6 Å². The van der Waals surface area contributed by atoms with Gasteiger partial charge in [-0.3, -0.25) is 0 Å². The molecule has 1 fully saturated rings. The number of hydrogen-bond acceptors (Lipinski definition) is 3. The van der Waals surface area contributed by atoms with Crippen molar-refractivity contribution in [2.45, 2.75) is 39.2 Å². The molecule has 0 saturated carbocycles. The van der Waals surface area contributed by atoms with E-state index in [-0.39, 0.29) is 0 Å². The van der Waals surface area contributed by atoms with Crippen molar-refractivity contribution in [2.75, 3.05) is 30.7 Å². The Morgan fingerprint density at radius 1 is 1.32 bits per heavy atom. The lowest BCUT2D eigenvalue weighted by molar-refractivity contribution is 0.223. The van der Waals surface area contributed by atoms with Gasteiger partial charge in [0.1, 0.15) is 0 Å². The SMILES string of the molecule is Cc1cc(N)c(Cl)cc1NC(C)CN1CCCCC1. The van der Waals surface area contributed by atoms with E-state index < -0.39 is 0 Å². The zero-order valence-electron chi connectivity index (χ0n) is 11.9. The van der Waals surface area contributed by atoms with Gasteiger partial charge in [-0.25, -0.2) is 0 Å². The normalized spacial score (nSPS) is 18.3. The first kappa shape index (κ1) is 14.5. The number of likely N-dealkylation sites (tertiary alicyclic amines) is 1. The van der Waals surface area contributed by atoms with Crippen molar-refractivity contribution in [3.63, 3.8) is 0 Å². The van der Waals surface area contributed by atoms with Gasteiger partial charge in [0.2, 0.25) is 0 Å². The molecule has 1 heterocycles. The van der Waals surface area contributed by atoms with E-state index in [9.17, 15) is 0 Å². The number of hydrogen-bond donors (Lipinski definition) is 2. The molecule has 1 aromatic rings. The van der Waals surface area contributed by atoms with Crippen LogP contribution in [0.1, 0.15) is 31.7 Å².